The molecule has 3 aromatic heterocycles. The smallest absolute Gasteiger partial charge is 0.155 e. The lowest BCUT2D eigenvalue weighted by Gasteiger charge is -2.19. The molecule has 58 heavy (non-hydrogen) atoms. The Labute approximate surface area is 339 Å². The summed E-state index contributed by atoms with van der Waals surface area (Å²) in [6, 6.07) is 44.1. The molecule has 282 valence electrons. The van der Waals surface area contributed by atoms with Crippen molar-refractivity contribution in [3.63, 3.8) is 0 Å². The van der Waals surface area contributed by atoms with Crippen molar-refractivity contribution < 1.29 is 0 Å². The summed E-state index contributed by atoms with van der Waals surface area (Å²) in [5.41, 5.74) is 11.1. The van der Waals surface area contributed by atoms with E-state index >= 15 is 0 Å². The Hall–Kier alpha value is -7.08. The van der Waals surface area contributed by atoms with E-state index in [9.17, 15) is 5.26 Å². The topological polar surface area (TPSA) is 42.9 Å². The highest BCUT2D eigenvalue weighted by Gasteiger charge is 2.22. The molecular formula is C53H45N5. The number of hydrogen-bond acceptors (Lipinski definition) is 1. The minimum Gasteiger partial charge on any atom is -0.316 e. The highest BCUT2D eigenvalue weighted by atomic mass is 15.0. The highest BCUT2D eigenvalue weighted by molar-refractivity contribution is 6.22. The van der Waals surface area contributed by atoms with Gasteiger partial charge in [-0.3, -0.25) is 0 Å². The Balaban J connectivity index is 1.33. The predicted octanol–water partition coefficient (Wildman–Crippen LogP) is 14.2. The van der Waals surface area contributed by atoms with Crippen molar-refractivity contribution in [1.29, 1.82) is 5.26 Å². The molecule has 0 atom stereocenters. The summed E-state index contributed by atoms with van der Waals surface area (Å²) in [4.78, 5) is 3.51. The molecule has 5 nitrogen and oxygen atoms in total. The van der Waals surface area contributed by atoms with E-state index in [2.05, 4.69) is 201 Å². The van der Waals surface area contributed by atoms with Gasteiger partial charge in [0, 0.05) is 45.0 Å². The van der Waals surface area contributed by atoms with Crippen LogP contribution in [-0.2, 0) is 10.8 Å². The fourth-order valence-corrected chi connectivity index (χ4v) is 8.62. The van der Waals surface area contributed by atoms with E-state index in [0.29, 0.717) is 11.3 Å². The molecule has 5 heteroatoms. The summed E-state index contributed by atoms with van der Waals surface area (Å²) in [6.45, 7) is 23.2. The van der Waals surface area contributed by atoms with Crippen molar-refractivity contribution in [2.24, 2.45) is 0 Å². The van der Waals surface area contributed by atoms with Gasteiger partial charge in [-0.2, -0.15) is 5.26 Å². The molecule has 3 heterocycles. The van der Waals surface area contributed by atoms with Gasteiger partial charge in [0.1, 0.15) is 0 Å². The van der Waals surface area contributed by atoms with Gasteiger partial charge in [-0.05, 0) is 112 Å². The minimum absolute atomic E-state index is 0.0488. The van der Waals surface area contributed by atoms with Crippen LogP contribution in [0.4, 0.5) is 0 Å². The third kappa shape index (κ3) is 5.91. The molecule has 6 aromatic carbocycles. The van der Waals surface area contributed by atoms with Crippen LogP contribution in [0.2, 0.25) is 0 Å². The Morgan fingerprint density at radius 2 is 1.26 bits per heavy atom. The van der Waals surface area contributed by atoms with Crippen LogP contribution in [0.5, 0.6) is 0 Å². The van der Waals surface area contributed by atoms with Gasteiger partial charge in [-0.15, -0.1) is 0 Å². The zero-order valence-electron chi connectivity index (χ0n) is 34.1. The lowest BCUT2D eigenvalue weighted by molar-refractivity contribution is 0.590. The monoisotopic (exact) mass is 751 g/mol. The van der Waals surface area contributed by atoms with Crippen LogP contribution in [0.15, 0.2) is 145 Å². The quantitative estimate of drug-likeness (QED) is 0.0981. The van der Waals surface area contributed by atoms with Crippen LogP contribution in [0, 0.1) is 24.8 Å². The fraction of sp³-hybridized carbons (Fsp3) is 0.170. The van der Waals surface area contributed by atoms with Crippen molar-refractivity contribution in [1.82, 2.24) is 13.7 Å². The van der Waals surface area contributed by atoms with Crippen molar-refractivity contribution in [3.05, 3.63) is 173 Å². The molecule has 0 bridgehead atoms. The molecule has 0 unspecified atom stereocenters. The third-order valence-electron chi connectivity index (χ3n) is 11.7. The van der Waals surface area contributed by atoms with Gasteiger partial charge < -0.3 is 13.7 Å². The molecule has 9 aromatic rings. The molecular weight excluding hydrogens is 707 g/mol. The molecule has 0 aliphatic rings. The van der Waals surface area contributed by atoms with Gasteiger partial charge in [0.2, 0.25) is 0 Å². The largest absolute Gasteiger partial charge is 0.316 e. The molecule has 0 N–H and O–H groups in total. The predicted molar refractivity (Wildman–Crippen MR) is 245 cm³/mol. The van der Waals surface area contributed by atoms with Gasteiger partial charge >= 0.3 is 0 Å². The SMILES string of the molecule is [C-]#[N+]/C=C/C(C#N)=C(\C=C\n1c2ccc(-n3cc(C)c4ccccc43)cc2c2c3ccccc3ccc21)n1c2ccc(C(C)(C)C)cc2c2cc(C(C)(C)C)ccc21. The van der Waals surface area contributed by atoms with Crippen molar-refractivity contribution in [2.75, 3.05) is 0 Å². The average molecular weight is 752 g/mol. The molecule has 9 rings (SSSR count). The number of nitriles is 1. The summed E-state index contributed by atoms with van der Waals surface area (Å²) >= 11 is 0. The molecule has 0 aliphatic carbocycles. The molecule has 0 amide bonds. The van der Waals surface area contributed by atoms with Crippen LogP contribution in [0.1, 0.15) is 58.2 Å². The van der Waals surface area contributed by atoms with Crippen molar-refractivity contribution in [3.8, 4) is 11.8 Å². The lowest BCUT2D eigenvalue weighted by atomic mass is 9.85. The molecule has 0 aliphatic heterocycles. The molecule has 0 saturated heterocycles. The van der Waals surface area contributed by atoms with Gasteiger partial charge in [0.25, 0.3) is 0 Å². The number of nitrogens with zero attached hydrogens (tertiary/aromatic N) is 5. The Morgan fingerprint density at radius 3 is 1.91 bits per heavy atom. The molecule has 0 spiro atoms. The summed E-state index contributed by atoms with van der Waals surface area (Å²) in [7, 11) is 0. The number of benzene rings is 6. The number of aryl methyl sites for hydroxylation is 1. The zero-order valence-corrected chi connectivity index (χ0v) is 34.1. The molecule has 0 fully saturated rings. The van der Waals surface area contributed by atoms with E-state index < -0.39 is 0 Å². The summed E-state index contributed by atoms with van der Waals surface area (Å²) in [5.74, 6) is 0. The Bertz CT molecular complexity index is 3250. The number of aromatic nitrogens is 3. The number of rotatable bonds is 5. The summed E-state index contributed by atoms with van der Waals surface area (Å²) < 4.78 is 6.74. The van der Waals surface area contributed by atoms with E-state index in [0.717, 1.165) is 43.9 Å². The van der Waals surface area contributed by atoms with Gasteiger partial charge in [-0.25, -0.2) is 4.85 Å². The maximum Gasteiger partial charge on any atom is 0.155 e. The first-order chi connectivity index (χ1) is 27.9. The van der Waals surface area contributed by atoms with Crippen LogP contribution >= 0.6 is 0 Å². The number of hydrogen-bond donors (Lipinski definition) is 0. The Morgan fingerprint density at radius 1 is 0.638 bits per heavy atom. The van der Waals surface area contributed by atoms with Crippen LogP contribution < -0.4 is 0 Å². The van der Waals surface area contributed by atoms with Crippen LogP contribution in [0.25, 0.3) is 87.7 Å². The molecule has 0 radical (unpaired) electrons. The third-order valence-corrected chi connectivity index (χ3v) is 11.7. The van der Waals surface area contributed by atoms with Crippen molar-refractivity contribution in [2.45, 2.75) is 59.3 Å². The first-order valence-corrected chi connectivity index (χ1v) is 19.8. The van der Waals surface area contributed by atoms with Gasteiger partial charge in [-0.1, -0.05) is 102 Å². The van der Waals surface area contributed by atoms with Crippen molar-refractivity contribution >= 4 is 77.2 Å². The number of fused-ring (bicyclic) bond motifs is 9. The van der Waals surface area contributed by atoms with E-state index in [4.69, 9.17) is 6.57 Å². The van der Waals surface area contributed by atoms with Gasteiger partial charge in [0.05, 0.1) is 51.5 Å². The molecule has 0 saturated carbocycles. The second-order valence-corrected chi connectivity index (χ2v) is 17.4. The second-order valence-electron chi connectivity index (χ2n) is 17.4. The Kier molecular flexibility index (Phi) is 8.54. The lowest BCUT2D eigenvalue weighted by Crippen LogP contribution is -2.10. The normalized spacial score (nSPS) is 13.2. The number of para-hydroxylation sites is 1. The van der Waals surface area contributed by atoms with E-state index in [1.165, 1.54) is 50.0 Å². The minimum atomic E-state index is -0.0488. The average Bonchev–Trinajstić information content (AvgIpc) is 3.84. The van der Waals surface area contributed by atoms with Crippen LogP contribution in [0.3, 0.4) is 0 Å². The maximum absolute atomic E-state index is 10.8. The van der Waals surface area contributed by atoms with Gasteiger partial charge in [0.15, 0.2) is 6.20 Å². The fourth-order valence-electron chi connectivity index (χ4n) is 8.62. The standard InChI is InChI=1S/C53H45N5/c1-34-33-57(46-16-12-11-14-40(34)46)39-20-24-47-44(31-39)51-41-15-10-9-13-35(41)17-21-50(51)56(47)28-26-45(36(32-54)25-27-55-8)58-48-22-18-37(52(2,3)4)29-42(48)43-30-38(53(5,6)7)19-23-49(43)58/h9-31,33H,1-7H3/b27-25+,28-26+,45-36-. The van der Waals surface area contributed by atoms with E-state index in [-0.39, 0.29) is 10.8 Å². The summed E-state index contributed by atoms with van der Waals surface area (Å²) in [6.07, 6.45) is 9.37. The zero-order chi connectivity index (χ0) is 40.5. The van der Waals surface area contributed by atoms with Crippen LogP contribution in [-0.4, -0.2) is 13.7 Å². The first-order valence-electron chi connectivity index (χ1n) is 19.8. The van der Waals surface area contributed by atoms with E-state index in [1.54, 1.807) is 6.08 Å². The highest BCUT2D eigenvalue weighted by Crippen LogP contribution is 2.40. The van der Waals surface area contributed by atoms with E-state index in [1.807, 2.05) is 6.08 Å². The maximum atomic E-state index is 10.8. The second kappa shape index (κ2) is 13.5. The summed E-state index contributed by atoms with van der Waals surface area (Å²) in [5, 5.41) is 19.0. The number of allylic oxidation sites excluding steroid dienone is 4. The first kappa shape index (κ1) is 36.6.